The Labute approximate surface area is 141 Å². The van der Waals surface area contributed by atoms with Crippen LogP contribution in [0.25, 0.3) is 0 Å². The number of nitrogens with one attached hydrogen (secondary N) is 2. The van der Waals surface area contributed by atoms with E-state index < -0.39 is 0 Å². The molecule has 1 amide bonds. The number of amides is 1. The monoisotopic (exact) mass is 328 g/mol. The van der Waals surface area contributed by atoms with Gasteiger partial charge in [-0.05, 0) is 37.7 Å². The van der Waals surface area contributed by atoms with Gasteiger partial charge >= 0.3 is 0 Å². The van der Waals surface area contributed by atoms with Gasteiger partial charge in [-0.25, -0.2) is 0 Å². The number of aryl methyl sites for hydroxylation is 2. The van der Waals surface area contributed by atoms with Crippen LogP contribution in [0.5, 0.6) is 0 Å². The van der Waals surface area contributed by atoms with Crippen molar-refractivity contribution in [3.63, 3.8) is 0 Å². The molecule has 6 heteroatoms. The first-order chi connectivity index (χ1) is 11.4. The number of H-pyrrole nitrogens is 1. The van der Waals surface area contributed by atoms with Gasteiger partial charge < -0.3 is 9.73 Å². The average Bonchev–Trinajstić information content (AvgIpc) is 3.10. The van der Waals surface area contributed by atoms with Crippen LogP contribution in [0.1, 0.15) is 61.2 Å². The normalized spacial score (nSPS) is 25.0. The van der Waals surface area contributed by atoms with Crippen LogP contribution in [0.2, 0.25) is 0 Å². The molecule has 2 aromatic heterocycles. The fraction of sp³-hybridized carbons (Fsp3) is 0.611. The highest BCUT2D eigenvalue weighted by Crippen LogP contribution is 2.42. The van der Waals surface area contributed by atoms with Crippen LogP contribution in [-0.4, -0.2) is 21.3 Å². The SMILES string of the molecule is Cc1cc2c(o1)CC(C)(C)C[C@@H]2NC(=O)[C@@H]1CCc2n[nH]nc2C1. The highest BCUT2D eigenvalue weighted by Gasteiger charge is 2.37. The van der Waals surface area contributed by atoms with Gasteiger partial charge in [-0.15, -0.1) is 0 Å². The maximum absolute atomic E-state index is 12.8. The number of aromatic amines is 1. The van der Waals surface area contributed by atoms with Gasteiger partial charge in [0.25, 0.3) is 0 Å². The van der Waals surface area contributed by atoms with Crippen molar-refractivity contribution in [1.29, 1.82) is 0 Å². The number of hydrogen-bond donors (Lipinski definition) is 2. The highest BCUT2D eigenvalue weighted by molar-refractivity contribution is 5.79. The predicted molar refractivity (Wildman–Crippen MR) is 88.3 cm³/mol. The van der Waals surface area contributed by atoms with E-state index in [4.69, 9.17) is 4.42 Å². The van der Waals surface area contributed by atoms with E-state index in [1.807, 2.05) is 6.92 Å². The summed E-state index contributed by atoms with van der Waals surface area (Å²) in [5.41, 5.74) is 3.22. The molecular formula is C18H24N4O2. The molecule has 2 aliphatic carbocycles. The Morgan fingerprint density at radius 2 is 2.17 bits per heavy atom. The molecule has 2 aromatic rings. The second kappa shape index (κ2) is 5.46. The number of rotatable bonds is 2. The molecule has 0 unspecified atom stereocenters. The van der Waals surface area contributed by atoms with Gasteiger partial charge in [0.05, 0.1) is 17.4 Å². The first kappa shape index (κ1) is 15.4. The van der Waals surface area contributed by atoms with Crippen molar-refractivity contribution in [2.24, 2.45) is 11.3 Å². The molecule has 6 nitrogen and oxygen atoms in total. The summed E-state index contributed by atoms with van der Waals surface area (Å²) in [5.74, 6) is 2.04. The van der Waals surface area contributed by atoms with Gasteiger partial charge in [-0.1, -0.05) is 13.8 Å². The lowest BCUT2D eigenvalue weighted by Crippen LogP contribution is -2.40. The van der Waals surface area contributed by atoms with E-state index in [2.05, 4.69) is 40.6 Å². The molecule has 2 N–H and O–H groups in total. The lowest BCUT2D eigenvalue weighted by molar-refractivity contribution is -0.126. The smallest absolute Gasteiger partial charge is 0.224 e. The summed E-state index contributed by atoms with van der Waals surface area (Å²) in [6.45, 7) is 6.43. The van der Waals surface area contributed by atoms with Crippen molar-refractivity contribution in [3.8, 4) is 0 Å². The van der Waals surface area contributed by atoms with Crippen molar-refractivity contribution in [1.82, 2.24) is 20.7 Å². The molecule has 0 aromatic carbocycles. The number of aromatic nitrogens is 3. The van der Waals surface area contributed by atoms with E-state index >= 15 is 0 Å². The second-order valence-electron chi connectivity index (χ2n) is 8.00. The maximum atomic E-state index is 12.8. The Bertz CT molecular complexity index is 774. The Kier molecular flexibility index (Phi) is 3.51. The average molecular weight is 328 g/mol. The third kappa shape index (κ3) is 2.74. The maximum Gasteiger partial charge on any atom is 0.224 e. The fourth-order valence-corrected chi connectivity index (χ4v) is 4.11. The van der Waals surface area contributed by atoms with E-state index in [0.29, 0.717) is 6.42 Å². The number of fused-ring (bicyclic) bond motifs is 2. The molecule has 24 heavy (non-hydrogen) atoms. The lowest BCUT2D eigenvalue weighted by Gasteiger charge is -2.35. The molecule has 0 bridgehead atoms. The zero-order valence-corrected chi connectivity index (χ0v) is 14.5. The van der Waals surface area contributed by atoms with Gasteiger partial charge in [-0.2, -0.15) is 15.4 Å². The van der Waals surface area contributed by atoms with Crippen LogP contribution in [0, 0.1) is 18.3 Å². The number of nitrogens with zero attached hydrogens (tertiary/aromatic N) is 2. The van der Waals surface area contributed by atoms with Crippen LogP contribution in [0.3, 0.4) is 0 Å². The van der Waals surface area contributed by atoms with Crippen LogP contribution >= 0.6 is 0 Å². The van der Waals surface area contributed by atoms with Crippen molar-refractivity contribution >= 4 is 5.91 Å². The standard InChI is InChI=1S/C18H24N4O2/c1-10-6-12-15(8-18(2,3)9-16(12)24-10)19-17(23)11-4-5-13-14(7-11)21-22-20-13/h6,11,15H,4-5,7-9H2,1-3H3,(H,19,23)(H,20,21,22)/t11-,15+/m1/s1. The zero-order valence-electron chi connectivity index (χ0n) is 14.5. The minimum Gasteiger partial charge on any atom is -0.466 e. The number of carbonyl (C=O) groups excluding carboxylic acids is 1. The summed E-state index contributed by atoms with van der Waals surface area (Å²) in [7, 11) is 0. The fourth-order valence-electron chi connectivity index (χ4n) is 4.11. The molecule has 2 heterocycles. The summed E-state index contributed by atoms with van der Waals surface area (Å²) in [4.78, 5) is 12.8. The lowest BCUT2D eigenvalue weighted by atomic mass is 9.74. The van der Waals surface area contributed by atoms with Gasteiger partial charge in [0.15, 0.2) is 0 Å². The molecule has 0 spiro atoms. The van der Waals surface area contributed by atoms with Crippen LogP contribution < -0.4 is 5.32 Å². The van der Waals surface area contributed by atoms with E-state index in [9.17, 15) is 4.79 Å². The number of furan rings is 1. The molecule has 0 saturated heterocycles. The Morgan fingerprint density at radius 3 is 3.00 bits per heavy atom. The van der Waals surface area contributed by atoms with E-state index in [1.165, 1.54) is 0 Å². The summed E-state index contributed by atoms with van der Waals surface area (Å²) < 4.78 is 5.86. The summed E-state index contributed by atoms with van der Waals surface area (Å²) in [5, 5.41) is 14.2. The largest absolute Gasteiger partial charge is 0.466 e. The first-order valence-corrected chi connectivity index (χ1v) is 8.69. The Morgan fingerprint density at radius 1 is 1.38 bits per heavy atom. The molecule has 128 valence electrons. The van der Waals surface area contributed by atoms with E-state index in [0.717, 1.165) is 54.2 Å². The highest BCUT2D eigenvalue weighted by atomic mass is 16.3. The summed E-state index contributed by atoms with van der Waals surface area (Å²) >= 11 is 0. The quantitative estimate of drug-likeness (QED) is 0.887. The first-order valence-electron chi connectivity index (χ1n) is 8.69. The van der Waals surface area contributed by atoms with Crippen LogP contribution in [0.15, 0.2) is 10.5 Å². The van der Waals surface area contributed by atoms with E-state index in [1.54, 1.807) is 0 Å². The third-order valence-electron chi connectivity index (χ3n) is 5.30. The number of hydrogen-bond acceptors (Lipinski definition) is 4. The van der Waals surface area contributed by atoms with E-state index in [-0.39, 0.29) is 23.3 Å². The minimum absolute atomic E-state index is 0.0240. The van der Waals surface area contributed by atoms with Crippen molar-refractivity contribution in [3.05, 3.63) is 34.5 Å². The molecule has 0 fully saturated rings. The molecule has 0 aliphatic heterocycles. The summed E-state index contributed by atoms with van der Waals surface area (Å²) in [6, 6.07) is 2.11. The van der Waals surface area contributed by atoms with Crippen molar-refractivity contribution in [2.45, 2.75) is 58.9 Å². The van der Waals surface area contributed by atoms with Crippen molar-refractivity contribution < 1.29 is 9.21 Å². The molecule has 2 atom stereocenters. The minimum atomic E-state index is -0.0240. The van der Waals surface area contributed by atoms with Crippen LogP contribution in [0.4, 0.5) is 0 Å². The molecule has 0 radical (unpaired) electrons. The topological polar surface area (TPSA) is 83.8 Å². The molecule has 4 rings (SSSR count). The third-order valence-corrected chi connectivity index (χ3v) is 5.30. The van der Waals surface area contributed by atoms with Gasteiger partial charge in [-0.3, -0.25) is 4.79 Å². The zero-order chi connectivity index (χ0) is 16.9. The molecule has 2 aliphatic rings. The van der Waals surface area contributed by atoms with Crippen LogP contribution in [-0.2, 0) is 24.1 Å². The second-order valence-corrected chi connectivity index (χ2v) is 8.00. The van der Waals surface area contributed by atoms with Gasteiger partial charge in [0, 0.05) is 24.3 Å². The Balaban J connectivity index is 1.51. The molecular weight excluding hydrogens is 304 g/mol. The Hall–Kier alpha value is -2.11. The predicted octanol–water partition coefficient (Wildman–Crippen LogP) is 2.64. The number of carbonyl (C=O) groups is 1. The molecule has 0 saturated carbocycles. The summed E-state index contributed by atoms with van der Waals surface area (Å²) in [6.07, 6.45) is 4.18. The van der Waals surface area contributed by atoms with Gasteiger partial charge in [0.1, 0.15) is 11.5 Å². The van der Waals surface area contributed by atoms with Crippen molar-refractivity contribution in [2.75, 3.05) is 0 Å². The van der Waals surface area contributed by atoms with Gasteiger partial charge in [0.2, 0.25) is 5.91 Å².